The summed E-state index contributed by atoms with van der Waals surface area (Å²) in [5, 5.41) is 3.02. The van der Waals surface area contributed by atoms with E-state index in [2.05, 4.69) is 10.2 Å². The molecule has 0 radical (unpaired) electrons. The van der Waals surface area contributed by atoms with Crippen LogP contribution >= 0.6 is 0 Å². The number of nitrogens with zero attached hydrogens (tertiary/aromatic N) is 1. The van der Waals surface area contributed by atoms with Crippen LogP contribution in [0.25, 0.3) is 0 Å². The normalized spacial score (nSPS) is 14.6. The molecule has 2 aromatic rings. The molecular formula is C19H22N2O2. The van der Waals surface area contributed by atoms with E-state index >= 15 is 0 Å². The first-order chi connectivity index (χ1) is 11.1. The lowest BCUT2D eigenvalue weighted by Gasteiger charge is -2.28. The number of amides is 1. The minimum absolute atomic E-state index is 0.0732. The quantitative estimate of drug-likeness (QED) is 0.945. The first kappa shape index (κ1) is 15.6. The number of hydrogen-bond donors (Lipinski definition) is 1. The summed E-state index contributed by atoms with van der Waals surface area (Å²) in [7, 11) is 0. The van der Waals surface area contributed by atoms with Crippen molar-refractivity contribution in [1.29, 1.82) is 0 Å². The van der Waals surface area contributed by atoms with E-state index in [-0.39, 0.29) is 5.91 Å². The molecule has 1 fully saturated rings. The van der Waals surface area contributed by atoms with Gasteiger partial charge in [-0.3, -0.25) is 4.79 Å². The molecule has 120 valence electrons. The monoisotopic (exact) mass is 310 g/mol. The number of carbonyl (C=O) groups excluding carboxylic acids is 1. The molecule has 1 N–H and O–H groups in total. The van der Waals surface area contributed by atoms with Crippen LogP contribution in [0.5, 0.6) is 0 Å². The van der Waals surface area contributed by atoms with Crippen molar-refractivity contribution in [2.45, 2.75) is 13.8 Å². The van der Waals surface area contributed by atoms with E-state index in [4.69, 9.17) is 4.74 Å². The van der Waals surface area contributed by atoms with Gasteiger partial charge in [-0.1, -0.05) is 18.2 Å². The number of nitrogens with one attached hydrogen (secondary N) is 1. The summed E-state index contributed by atoms with van der Waals surface area (Å²) in [5.41, 5.74) is 4.85. The number of benzene rings is 2. The molecule has 0 aliphatic carbocycles. The summed E-state index contributed by atoms with van der Waals surface area (Å²) in [4.78, 5) is 14.7. The highest BCUT2D eigenvalue weighted by Gasteiger charge is 2.13. The van der Waals surface area contributed by atoms with E-state index in [0.29, 0.717) is 5.56 Å². The lowest BCUT2D eigenvalue weighted by atomic mass is 10.1. The maximum absolute atomic E-state index is 12.5. The van der Waals surface area contributed by atoms with Gasteiger partial charge in [0.1, 0.15) is 0 Å². The summed E-state index contributed by atoms with van der Waals surface area (Å²) in [6.07, 6.45) is 0. The Morgan fingerprint density at radius 1 is 1.00 bits per heavy atom. The van der Waals surface area contributed by atoms with Gasteiger partial charge in [0.2, 0.25) is 0 Å². The van der Waals surface area contributed by atoms with Gasteiger partial charge in [-0.2, -0.15) is 0 Å². The zero-order chi connectivity index (χ0) is 16.2. The molecule has 1 aliphatic rings. The number of carbonyl (C=O) groups is 1. The van der Waals surface area contributed by atoms with Crippen molar-refractivity contribution in [3.05, 3.63) is 59.2 Å². The van der Waals surface area contributed by atoms with E-state index in [1.807, 2.05) is 56.3 Å². The molecule has 0 atom stereocenters. The van der Waals surface area contributed by atoms with Crippen molar-refractivity contribution in [3.8, 4) is 0 Å². The topological polar surface area (TPSA) is 41.6 Å². The van der Waals surface area contributed by atoms with Gasteiger partial charge in [-0.05, 0) is 49.2 Å². The maximum atomic E-state index is 12.5. The third kappa shape index (κ3) is 3.54. The molecule has 1 aliphatic heterocycles. The standard InChI is InChI=1S/C19H22N2O2/c1-14-4-3-5-15(2)18(14)20-19(22)16-6-8-17(9-7-16)21-10-12-23-13-11-21/h3-9H,10-13H2,1-2H3,(H,20,22). The first-order valence-electron chi connectivity index (χ1n) is 7.95. The fourth-order valence-corrected chi connectivity index (χ4v) is 2.84. The van der Waals surface area contributed by atoms with Gasteiger partial charge in [0.15, 0.2) is 0 Å². The second-order valence-electron chi connectivity index (χ2n) is 5.87. The van der Waals surface area contributed by atoms with Crippen LogP contribution in [0.1, 0.15) is 21.5 Å². The third-order valence-corrected chi connectivity index (χ3v) is 4.23. The van der Waals surface area contributed by atoms with Crippen LogP contribution < -0.4 is 10.2 Å². The number of ether oxygens (including phenoxy) is 1. The van der Waals surface area contributed by atoms with Crippen LogP contribution in [0, 0.1) is 13.8 Å². The molecule has 4 heteroatoms. The Labute approximate surface area is 137 Å². The number of rotatable bonds is 3. The third-order valence-electron chi connectivity index (χ3n) is 4.23. The van der Waals surface area contributed by atoms with Crippen LogP contribution in [0.4, 0.5) is 11.4 Å². The predicted octanol–water partition coefficient (Wildman–Crippen LogP) is 3.39. The highest BCUT2D eigenvalue weighted by Crippen LogP contribution is 2.21. The molecule has 0 bridgehead atoms. The van der Waals surface area contributed by atoms with Crippen molar-refractivity contribution in [2.24, 2.45) is 0 Å². The summed E-state index contributed by atoms with van der Waals surface area (Å²) >= 11 is 0. The summed E-state index contributed by atoms with van der Waals surface area (Å²) in [6, 6.07) is 13.8. The van der Waals surface area contributed by atoms with Gasteiger partial charge in [-0.15, -0.1) is 0 Å². The van der Waals surface area contributed by atoms with Crippen LogP contribution in [-0.4, -0.2) is 32.2 Å². The van der Waals surface area contributed by atoms with E-state index in [9.17, 15) is 4.79 Å². The number of morpholine rings is 1. The number of hydrogen-bond acceptors (Lipinski definition) is 3. The molecule has 0 aromatic heterocycles. The molecule has 1 saturated heterocycles. The lowest BCUT2D eigenvalue weighted by molar-refractivity contribution is 0.102. The SMILES string of the molecule is Cc1cccc(C)c1NC(=O)c1ccc(N2CCOCC2)cc1. The van der Waals surface area contributed by atoms with E-state index in [0.717, 1.165) is 48.8 Å². The number of anilines is 2. The first-order valence-corrected chi connectivity index (χ1v) is 7.95. The van der Waals surface area contributed by atoms with Gasteiger partial charge in [-0.25, -0.2) is 0 Å². The fraction of sp³-hybridized carbons (Fsp3) is 0.316. The average molecular weight is 310 g/mol. The Balaban J connectivity index is 1.72. The molecule has 3 rings (SSSR count). The van der Waals surface area contributed by atoms with Gasteiger partial charge < -0.3 is 15.0 Å². The van der Waals surface area contributed by atoms with Gasteiger partial charge in [0.25, 0.3) is 5.91 Å². The molecular weight excluding hydrogens is 288 g/mol. The molecule has 0 unspecified atom stereocenters. The van der Waals surface area contributed by atoms with Crippen molar-refractivity contribution in [2.75, 3.05) is 36.5 Å². The highest BCUT2D eigenvalue weighted by atomic mass is 16.5. The average Bonchev–Trinajstić information content (AvgIpc) is 2.59. The number of aryl methyl sites for hydroxylation is 2. The fourth-order valence-electron chi connectivity index (χ4n) is 2.84. The maximum Gasteiger partial charge on any atom is 0.255 e. The van der Waals surface area contributed by atoms with Crippen LogP contribution in [0.2, 0.25) is 0 Å². The molecule has 0 spiro atoms. The van der Waals surface area contributed by atoms with Gasteiger partial charge in [0, 0.05) is 30.0 Å². The second-order valence-corrected chi connectivity index (χ2v) is 5.87. The second kappa shape index (κ2) is 6.84. The highest BCUT2D eigenvalue weighted by molar-refractivity contribution is 6.05. The Morgan fingerprint density at radius 3 is 2.22 bits per heavy atom. The van der Waals surface area contributed by atoms with Crippen molar-refractivity contribution >= 4 is 17.3 Å². The number of para-hydroxylation sites is 1. The minimum Gasteiger partial charge on any atom is -0.378 e. The molecule has 2 aromatic carbocycles. The van der Waals surface area contributed by atoms with Crippen LogP contribution in [-0.2, 0) is 4.74 Å². The van der Waals surface area contributed by atoms with Crippen LogP contribution in [0.15, 0.2) is 42.5 Å². The molecule has 0 saturated carbocycles. The Kier molecular flexibility index (Phi) is 4.63. The van der Waals surface area contributed by atoms with Gasteiger partial charge >= 0.3 is 0 Å². The van der Waals surface area contributed by atoms with Crippen LogP contribution in [0.3, 0.4) is 0 Å². The van der Waals surface area contributed by atoms with E-state index in [1.165, 1.54) is 0 Å². The smallest absolute Gasteiger partial charge is 0.255 e. The van der Waals surface area contributed by atoms with Crippen molar-refractivity contribution in [3.63, 3.8) is 0 Å². The summed E-state index contributed by atoms with van der Waals surface area (Å²) < 4.78 is 5.37. The Morgan fingerprint density at radius 2 is 1.61 bits per heavy atom. The minimum atomic E-state index is -0.0732. The zero-order valence-electron chi connectivity index (χ0n) is 13.6. The summed E-state index contributed by atoms with van der Waals surface area (Å²) in [5.74, 6) is -0.0732. The van der Waals surface area contributed by atoms with Crippen molar-refractivity contribution in [1.82, 2.24) is 0 Å². The molecule has 1 heterocycles. The molecule has 23 heavy (non-hydrogen) atoms. The summed E-state index contributed by atoms with van der Waals surface area (Å²) in [6.45, 7) is 7.32. The lowest BCUT2D eigenvalue weighted by Crippen LogP contribution is -2.36. The van der Waals surface area contributed by atoms with Gasteiger partial charge in [0.05, 0.1) is 13.2 Å². The predicted molar refractivity (Wildman–Crippen MR) is 93.3 cm³/mol. The molecule has 1 amide bonds. The Bertz CT molecular complexity index is 669. The van der Waals surface area contributed by atoms with Crippen molar-refractivity contribution < 1.29 is 9.53 Å². The van der Waals surface area contributed by atoms with E-state index < -0.39 is 0 Å². The zero-order valence-corrected chi connectivity index (χ0v) is 13.6. The Hall–Kier alpha value is -2.33. The van der Waals surface area contributed by atoms with E-state index in [1.54, 1.807) is 0 Å². The molecule has 4 nitrogen and oxygen atoms in total. The largest absolute Gasteiger partial charge is 0.378 e.